The molecule has 0 spiro atoms. The number of benzene rings is 1. The molecule has 1 atom stereocenters. The molecule has 0 saturated carbocycles. The Morgan fingerprint density at radius 2 is 1.67 bits per heavy atom. The first-order valence-corrected chi connectivity index (χ1v) is 6.53. The van der Waals surface area contributed by atoms with Gasteiger partial charge in [0.2, 0.25) is 0 Å². The molecule has 112 valence electrons. The van der Waals surface area contributed by atoms with E-state index in [1.165, 1.54) is 0 Å². The minimum atomic E-state index is -0.861. The lowest BCUT2D eigenvalue weighted by Crippen LogP contribution is -2.12. The summed E-state index contributed by atoms with van der Waals surface area (Å²) in [7, 11) is 4.69. The third-order valence-corrected chi connectivity index (χ3v) is 3.24. The number of hydrogen-bond acceptors (Lipinski definition) is 5. The molecule has 0 fully saturated rings. The van der Waals surface area contributed by atoms with Gasteiger partial charge in [-0.3, -0.25) is 4.98 Å². The number of pyridine rings is 1. The zero-order chi connectivity index (χ0) is 15.2. The van der Waals surface area contributed by atoms with Gasteiger partial charge in [-0.05, 0) is 23.8 Å². The van der Waals surface area contributed by atoms with E-state index in [0.717, 1.165) is 11.3 Å². The van der Waals surface area contributed by atoms with Crippen LogP contribution in [-0.2, 0) is 9.47 Å². The molecule has 0 saturated heterocycles. The fourth-order valence-corrected chi connectivity index (χ4v) is 2.15. The minimum Gasteiger partial charge on any atom is -0.497 e. The SMILES string of the molecule is COc1ccc(C(O)c2ncccc2C(OC)OC)cc1. The Bertz CT molecular complexity index is 567. The van der Waals surface area contributed by atoms with Crippen LogP contribution in [0.25, 0.3) is 0 Å². The summed E-state index contributed by atoms with van der Waals surface area (Å²) in [4.78, 5) is 4.27. The molecule has 1 aromatic carbocycles. The van der Waals surface area contributed by atoms with Crippen molar-refractivity contribution in [3.63, 3.8) is 0 Å². The zero-order valence-corrected chi connectivity index (χ0v) is 12.3. The molecule has 0 bridgehead atoms. The van der Waals surface area contributed by atoms with E-state index in [-0.39, 0.29) is 0 Å². The van der Waals surface area contributed by atoms with Crippen molar-refractivity contribution in [1.29, 1.82) is 0 Å². The highest BCUT2D eigenvalue weighted by atomic mass is 16.7. The van der Waals surface area contributed by atoms with Gasteiger partial charge in [-0.1, -0.05) is 18.2 Å². The van der Waals surface area contributed by atoms with Crippen molar-refractivity contribution in [1.82, 2.24) is 4.98 Å². The summed E-state index contributed by atoms with van der Waals surface area (Å²) in [6.45, 7) is 0. The average Bonchev–Trinajstić information content (AvgIpc) is 2.56. The number of hydrogen-bond donors (Lipinski definition) is 1. The van der Waals surface area contributed by atoms with Crippen LogP contribution in [-0.4, -0.2) is 31.4 Å². The fourth-order valence-electron chi connectivity index (χ4n) is 2.15. The molecule has 0 aliphatic rings. The molecule has 0 radical (unpaired) electrons. The monoisotopic (exact) mass is 289 g/mol. The molecule has 2 aromatic rings. The van der Waals surface area contributed by atoms with Gasteiger partial charge in [-0.15, -0.1) is 0 Å². The van der Waals surface area contributed by atoms with E-state index in [0.29, 0.717) is 11.3 Å². The van der Waals surface area contributed by atoms with Crippen molar-refractivity contribution in [2.24, 2.45) is 0 Å². The molecule has 2 rings (SSSR count). The second-order valence-electron chi connectivity index (χ2n) is 4.46. The number of nitrogens with zero attached hydrogens (tertiary/aromatic N) is 1. The topological polar surface area (TPSA) is 60.8 Å². The van der Waals surface area contributed by atoms with Crippen molar-refractivity contribution < 1.29 is 19.3 Å². The summed E-state index contributed by atoms with van der Waals surface area (Å²) in [5, 5.41) is 10.6. The van der Waals surface area contributed by atoms with Crippen molar-refractivity contribution in [3.05, 3.63) is 59.4 Å². The first-order valence-electron chi connectivity index (χ1n) is 6.53. The number of aliphatic hydroxyl groups excluding tert-OH is 1. The summed E-state index contributed by atoms with van der Waals surface area (Å²) < 4.78 is 15.6. The van der Waals surface area contributed by atoms with Crippen molar-refractivity contribution in [2.75, 3.05) is 21.3 Å². The summed E-state index contributed by atoms with van der Waals surface area (Å²) in [6, 6.07) is 10.8. The zero-order valence-electron chi connectivity index (χ0n) is 12.3. The molecule has 0 aliphatic carbocycles. The standard InChI is InChI=1S/C16H19NO4/c1-19-12-8-6-11(7-9-12)15(18)14-13(5-4-10-17-14)16(20-2)21-3/h4-10,15-16,18H,1-3H3. The van der Waals surface area contributed by atoms with Crippen LogP contribution < -0.4 is 4.74 Å². The predicted octanol–water partition coefficient (Wildman–Crippen LogP) is 2.46. The summed E-state index contributed by atoms with van der Waals surface area (Å²) in [6.07, 6.45) is 0.204. The Hall–Kier alpha value is -1.95. The van der Waals surface area contributed by atoms with Gasteiger partial charge in [0.1, 0.15) is 11.9 Å². The lowest BCUT2D eigenvalue weighted by molar-refractivity contribution is -0.107. The number of aromatic nitrogens is 1. The number of aliphatic hydroxyl groups is 1. The Morgan fingerprint density at radius 1 is 1.00 bits per heavy atom. The Labute approximate surface area is 124 Å². The lowest BCUT2D eigenvalue weighted by atomic mass is 10.0. The molecule has 5 heteroatoms. The highest BCUT2D eigenvalue weighted by molar-refractivity contribution is 5.35. The number of rotatable bonds is 6. The van der Waals surface area contributed by atoms with Crippen LogP contribution >= 0.6 is 0 Å². The third kappa shape index (κ3) is 3.39. The maximum Gasteiger partial charge on any atom is 0.184 e. The van der Waals surface area contributed by atoms with E-state index in [1.54, 1.807) is 57.9 Å². The van der Waals surface area contributed by atoms with Crippen LogP contribution in [0.5, 0.6) is 5.75 Å². The molecule has 5 nitrogen and oxygen atoms in total. The highest BCUT2D eigenvalue weighted by Gasteiger charge is 2.21. The van der Waals surface area contributed by atoms with Gasteiger partial charge in [-0.25, -0.2) is 0 Å². The molecular weight excluding hydrogens is 270 g/mol. The Kier molecular flexibility index (Phi) is 5.27. The molecule has 0 amide bonds. The Morgan fingerprint density at radius 3 is 2.24 bits per heavy atom. The minimum absolute atomic E-state index is 0.511. The third-order valence-electron chi connectivity index (χ3n) is 3.24. The number of ether oxygens (including phenoxy) is 3. The second kappa shape index (κ2) is 7.17. The summed E-state index contributed by atoms with van der Waals surface area (Å²) in [5.74, 6) is 0.735. The van der Waals surface area contributed by atoms with Crippen molar-refractivity contribution >= 4 is 0 Å². The van der Waals surface area contributed by atoms with E-state index < -0.39 is 12.4 Å². The lowest BCUT2D eigenvalue weighted by Gasteiger charge is -2.20. The van der Waals surface area contributed by atoms with Gasteiger partial charge in [0.25, 0.3) is 0 Å². The molecule has 1 unspecified atom stereocenters. The van der Waals surface area contributed by atoms with Gasteiger partial charge >= 0.3 is 0 Å². The van der Waals surface area contributed by atoms with Gasteiger partial charge in [-0.2, -0.15) is 0 Å². The fraction of sp³-hybridized carbons (Fsp3) is 0.312. The van der Waals surface area contributed by atoms with E-state index >= 15 is 0 Å². The molecule has 21 heavy (non-hydrogen) atoms. The molecule has 1 aromatic heterocycles. The Balaban J connectivity index is 2.35. The molecule has 1 N–H and O–H groups in total. The first kappa shape index (κ1) is 15.4. The average molecular weight is 289 g/mol. The van der Waals surface area contributed by atoms with Crippen LogP contribution in [0.1, 0.15) is 29.2 Å². The molecular formula is C16H19NO4. The molecule has 0 aliphatic heterocycles. The summed E-state index contributed by atoms with van der Waals surface area (Å²) >= 11 is 0. The second-order valence-corrected chi connectivity index (χ2v) is 4.46. The van der Waals surface area contributed by atoms with Crippen molar-refractivity contribution in [3.8, 4) is 5.75 Å². The van der Waals surface area contributed by atoms with Crippen molar-refractivity contribution in [2.45, 2.75) is 12.4 Å². The smallest absolute Gasteiger partial charge is 0.184 e. The van der Waals surface area contributed by atoms with Crippen LogP contribution in [0.4, 0.5) is 0 Å². The highest BCUT2D eigenvalue weighted by Crippen LogP contribution is 2.29. The molecule has 1 heterocycles. The van der Waals surface area contributed by atoms with E-state index in [2.05, 4.69) is 4.98 Å². The van der Waals surface area contributed by atoms with Crippen LogP contribution in [0.2, 0.25) is 0 Å². The largest absolute Gasteiger partial charge is 0.497 e. The van der Waals surface area contributed by atoms with Gasteiger partial charge < -0.3 is 19.3 Å². The maximum absolute atomic E-state index is 10.6. The van der Waals surface area contributed by atoms with Gasteiger partial charge in [0.05, 0.1) is 12.8 Å². The van der Waals surface area contributed by atoms with E-state index in [1.807, 2.05) is 6.07 Å². The van der Waals surface area contributed by atoms with Crippen LogP contribution in [0.3, 0.4) is 0 Å². The normalized spacial score (nSPS) is 12.4. The maximum atomic E-state index is 10.6. The summed E-state index contributed by atoms with van der Waals surface area (Å²) in [5.41, 5.74) is 1.93. The van der Waals surface area contributed by atoms with E-state index in [9.17, 15) is 5.11 Å². The first-order chi connectivity index (χ1) is 10.2. The van der Waals surface area contributed by atoms with Crippen LogP contribution in [0.15, 0.2) is 42.6 Å². The van der Waals surface area contributed by atoms with Gasteiger partial charge in [0, 0.05) is 26.0 Å². The quantitative estimate of drug-likeness (QED) is 0.828. The number of methoxy groups -OCH3 is 3. The van der Waals surface area contributed by atoms with Gasteiger partial charge in [0.15, 0.2) is 6.29 Å². The van der Waals surface area contributed by atoms with Crippen LogP contribution in [0, 0.1) is 0 Å². The predicted molar refractivity (Wildman–Crippen MR) is 78.1 cm³/mol. The van der Waals surface area contributed by atoms with E-state index in [4.69, 9.17) is 14.2 Å².